The van der Waals surface area contributed by atoms with Gasteiger partial charge in [0.05, 0.1) is 26.2 Å². The number of hydrogen-bond donors (Lipinski definition) is 2. The van der Waals surface area contributed by atoms with E-state index < -0.39 is 36.0 Å². The predicted molar refractivity (Wildman–Crippen MR) is 117 cm³/mol. The minimum atomic E-state index is -0.861. The van der Waals surface area contributed by atoms with Crippen LogP contribution in [0.15, 0.2) is 47.5 Å². The third kappa shape index (κ3) is 6.17. The lowest BCUT2D eigenvalue weighted by molar-refractivity contribution is -0.0966. The van der Waals surface area contributed by atoms with E-state index in [1.54, 1.807) is 0 Å². The number of rotatable bonds is 9. The maximum atomic E-state index is 14.8. The molecule has 10 heteroatoms. The van der Waals surface area contributed by atoms with Crippen molar-refractivity contribution in [3.8, 4) is 5.75 Å². The number of carbonyl (C=O) groups excluding carboxylic acids is 1. The zero-order chi connectivity index (χ0) is 23.8. The Bertz CT molecular complexity index is 947. The number of carbonyl (C=O) groups is 1. The van der Waals surface area contributed by atoms with Crippen molar-refractivity contribution in [1.82, 2.24) is 10.6 Å². The van der Waals surface area contributed by atoms with E-state index in [0.717, 1.165) is 17.7 Å². The molecule has 2 aromatic rings. The Kier molecular flexibility index (Phi) is 8.56. The maximum Gasteiger partial charge on any atom is 0.408 e. The second-order valence-electron chi connectivity index (χ2n) is 7.30. The molecule has 1 heterocycles. The van der Waals surface area contributed by atoms with Gasteiger partial charge in [0, 0.05) is 37.8 Å². The van der Waals surface area contributed by atoms with E-state index in [2.05, 4.69) is 15.6 Å². The summed E-state index contributed by atoms with van der Waals surface area (Å²) in [6.45, 7) is 0.310. The molecule has 1 aliphatic heterocycles. The molecule has 33 heavy (non-hydrogen) atoms. The number of benzene rings is 2. The van der Waals surface area contributed by atoms with Crippen molar-refractivity contribution < 1.29 is 32.5 Å². The van der Waals surface area contributed by atoms with Crippen molar-refractivity contribution in [2.75, 3.05) is 34.4 Å². The standard InChI is InChI=1S/C23H27F2N3O5/c1-30-15-9-17(24)20(18(25)10-15)16-11-26-22(27-12-19(31-2)32-3)21(16)28-23(29)33-13-14-7-5-4-6-8-14/h4-10,16,19,21H,11-13H2,1-3H3,(H,26,27)(H,28,29)/t16-,21-/m0/s1. The van der Waals surface area contributed by atoms with Crippen LogP contribution in [0.1, 0.15) is 17.0 Å². The van der Waals surface area contributed by atoms with Crippen LogP contribution in [-0.2, 0) is 20.8 Å². The summed E-state index contributed by atoms with van der Waals surface area (Å²) in [5.41, 5.74) is 0.609. The highest BCUT2D eigenvalue weighted by Gasteiger charge is 2.38. The van der Waals surface area contributed by atoms with Gasteiger partial charge in [0.25, 0.3) is 0 Å². The Morgan fingerprint density at radius 1 is 1.12 bits per heavy atom. The van der Waals surface area contributed by atoms with Gasteiger partial charge in [-0.15, -0.1) is 0 Å². The lowest BCUT2D eigenvalue weighted by atomic mass is 9.91. The largest absolute Gasteiger partial charge is 0.497 e. The summed E-state index contributed by atoms with van der Waals surface area (Å²) < 4.78 is 50.1. The summed E-state index contributed by atoms with van der Waals surface area (Å²) in [5, 5.41) is 5.72. The van der Waals surface area contributed by atoms with E-state index in [-0.39, 0.29) is 31.0 Å². The first-order chi connectivity index (χ1) is 16.0. The molecule has 2 N–H and O–H groups in total. The predicted octanol–water partition coefficient (Wildman–Crippen LogP) is 2.97. The summed E-state index contributed by atoms with van der Waals surface area (Å²) in [6, 6.07) is 10.5. The number of nitrogens with zero attached hydrogens (tertiary/aromatic N) is 1. The molecule has 0 saturated carbocycles. The van der Waals surface area contributed by atoms with Crippen molar-refractivity contribution in [3.05, 3.63) is 65.2 Å². The Morgan fingerprint density at radius 2 is 1.79 bits per heavy atom. The van der Waals surface area contributed by atoms with Crippen LogP contribution in [0.2, 0.25) is 0 Å². The fraction of sp³-hybridized carbons (Fsp3) is 0.391. The minimum Gasteiger partial charge on any atom is -0.497 e. The second kappa shape index (κ2) is 11.6. The van der Waals surface area contributed by atoms with Gasteiger partial charge in [-0.25, -0.2) is 13.6 Å². The molecule has 8 nitrogen and oxygen atoms in total. The summed E-state index contributed by atoms with van der Waals surface area (Å²) in [5.74, 6) is -1.98. The molecule has 1 aliphatic rings. The zero-order valence-electron chi connectivity index (χ0n) is 18.6. The van der Waals surface area contributed by atoms with Gasteiger partial charge in [0.15, 0.2) is 6.29 Å². The third-order valence-corrected chi connectivity index (χ3v) is 5.28. The Morgan fingerprint density at radius 3 is 2.39 bits per heavy atom. The molecule has 0 saturated heterocycles. The monoisotopic (exact) mass is 463 g/mol. The molecule has 2 aromatic carbocycles. The number of halogens is 2. The molecule has 0 bridgehead atoms. The molecule has 178 valence electrons. The number of amides is 1. The van der Waals surface area contributed by atoms with Gasteiger partial charge in [-0.1, -0.05) is 30.3 Å². The number of methoxy groups -OCH3 is 3. The maximum absolute atomic E-state index is 14.8. The topological polar surface area (TPSA) is 90.4 Å². The Labute approximate surface area is 190 Å². The van der Waals surface area contributed by atoms with Crippen LogP contribution < -0.4 is 15.4 Å². The van der Waals surface area contributed by atoms with Gasteiger partial charge in [0.2, 0.25) is 0 Å². The van der Waals surface area contributed by atoms with Gasteiger partial charge in [-0.05, 0) is 5.56 Å². The first-order valence-corrected chi connectivity index (χ1v) is 10.3. The third-order valence-electron chi connectivity index (χ3n) is 5.28. The van der Waals surface area contributed by atoms with Crippen LogP contribution in [0.5, 0.6) is 5.75 Å². The smallest absolute Gasteiger partial charge is 0.408 e. The molecule has 0 fully saturated rings. The lowest BCUT2D eigenvalue weighted by Crippen LogP contribution is -2.49. The first-order valence-electron chi connectivity index (χ1n) is 10.3. The van der Waals surface area contributed by atoms with Crippen molar-refractivity contribution in [2.24, 2.45) is 4.99 Å². The van der Waals surface area contributed by atoms with Crippen molar-refractivity contribution in [3.63, 3.8) is 0 Å². The number of ether oxygens (including phenoxy) is 4. The molecule has 0 spiro atoms. The Balaban J connectivity index is 1.78. The summed E-state index contributed by atoms with van der Waals surface area (Å²) >= 11 is 0. The molecule has 0 radical (unpaired) electrons. The van der Waals surface area contributed by atoms with Crippen LogP contribution >= 0.6 is 0 Å². The van der Waals surface area contributed by atoms with Crippen LogP contribution in [0.4, 0.5) is 13.6 Å². The number of nitrogens with one attached hydrogen (secondary N) is 2. The van der Waals surface area contributed by atoms with E-state index in [9.17, 15) is 13.6 Å². The fourth-order valence-corrected chi connectivity index (χ4v) is 3.56. The lowest BCUT2D eigenvalue weighted by Gasteiger charge is -2.25. The van der Waals surface area contributed by atoms with E-state index in [4.69, 9.17) is 18.9 Å². The molecular formula is C23H27F2N3O5. The van der Waals surface area contributed by atoms with Crippen LogP contribution in [0.3, 0.4) is 0 Å². The van der Waals surface area contributed by atoms with E-state index in [0.29, 0.717) is 5.84 Å². The van der Waals surface area contributed by atoms with Crippen molar-refractivity contribution in [1.29, 1.82) is 0 Å². The minimum absolute atomic E-state index is 0.0463. The first kappa shape index (κ1) is 24.4. The SMILES string of the molecule is COc1cc(F)c([C@@H]2CN=C(NCC(OC)OC)[C@H]2NC(=O)OCc2ccccc2)c(F)c1. The normalized spacial score (nSPS) is 17.6. The van der Waals surface area contributed by atoms with Crippen LogP contribution in [0, 0.1) is 11.6 Å². The molecule has 3 rings (SSSR count). The summed E-state index contributed by atoms with van der Waals surface area (Å²) in [6.07, 6.45) is -1.32. The highest BCUT2D eigenvalue weighted by molar-refractivity contribution is 5.93. The quantitative estimate of drug-likeness (QED) is 0.556. The zero-order valence-corrected chi connectivity index (χ0v) is 18.6. The number of aliphatic imine (C=N–C) groups is 1. The van der Waals surface area contributed by atoms with Crippen molar-refractivity contribution >= 4 is 11.9 Å². The summed E-state index contributed by atoms with van der Waals surface area (Å²) in [7, 11) is 4.28. The molecule has 0 aliphatic carbocycles. The average Bonchev–Trinajstić information content (AvgIpc) is 3.20. The number of alkyl carbamates (subject to hydrolysis) is 1. The van der Waals surface area contributed by atoms with Gasteiger partial charge in [0.1, 0.15) is 29.8 Å². The van der Waals surface area contributed by atoms with Gasteiger partial charge < -0.3 is 29.6 Å². The highest BCUT2D eigenvalue weighted by atomic mass is 19.1. The fourth-order valence-electron chi connectivity index (χ4n) is 3.56. The van der Waals surface area contributed by atoms with Crippen LogP contribution in [0.25, 0.3) is 0 Å². The molecular weight excluding hydrogens is 436 g/mol. The second-order valence-corrected chi connectivity index (χ2v) is 7.30. The Hall–Kier alpha value is -3.24. The molecule has 0 unspecified atom stereocenters. The van der Waals surface area contributed by atoms with Crippen molar-refractivity contribution in [2.45, 2.75) is 24.9 Å². The van der Waals surface area contributed by atoms with Crippen LogP contribution in [-0.4, -0.2) is 58.7 Å². The van der Waals surface area contributed by atoms with Gasteiger partial charge in [-0.2, -0.15) is 0 Å². The number of amidine groups is 1. The molecule has 2 atom stereocenters. The van der Waals surface area contributed by atoms with E-state index >= 15 is 0 Å². The summed E-state index contributed by atoms with van der Waals surface area (Å²) in [4.78, 5) is 16.9. The van der Waals surface area contributed by atoms with Gasteiger partial charge >= 0.3 is 6.09 Å². The number of hydrogen-bond acceptors (Lipinski definition) is 7. The molecule has 0 aromatic heterocycles. The van der Waals surface area contributed by atoms with E-state index in [1.165, 1.54) is 21.3 Å². The highest BCUT2D eigenvalue weighted by Crippen LogP contribution is 2.32. The van der Waals surface area contributed by atoms with Gasteiger partial charge in [-0.3, -0.25) is 4.99 Å². The molecule has 1 amide bonds. The van der Waals surface area contributed by atoms with E-state index in [1.807, 2.05) is 30.3 Å². The average molecular weight is 463 g/mol.